The van der Waals surface area contributed by atoms with Crippen LogP contribution in [0.25, 0.3) is 10.2 Å². The number of amides is 1. The summed E-state index contributed by atoms with van der Waals surface area (Å²) in [5.41, 5.74) is 2.09. The molecule has 30 heavy (non-hydrogen) atoms. The summed E-state index contributed by atoms with van der Waals surface area (Å²) in [4.78, 5) is 20.7. The number of fused-ring (bicyclic) bond motifs is 1. The lowest BCUT2D eigenvalue weighted by molar-refractivity contribution is -0.118. The number of benzene rings is 2. The van der Waals surface area contributed by atoms with Crippen molar-refractivity contribution < 1.29 is 13.9 Å². The van der Waals surface area contributed by atoms with Crippen LogP contribution in [0.3, 0.4) is 0 Å². The van der Waals surface area contributed by atoms with E-state index in [2.05, 4.69) is 13.0 Å². The zero-order chi connectivity index (χ0) is 20.9. The SMILES string of the molecule is COc1ccc(SCCC(=O)N(Cc2ccco2)c2nc3ccc(C)cc3s2)cc1. The smallest absolute Gasteiger partial charge is 0.230 e. The van der Waals surface area contributed by atoms with Crippen molar-refractivity contribution in [1.82, 2.24) is 4.98 Å². The van der Waals surface area contributed by atoms with Gasteiger partial charge in [-0.15, -0.1) is 11.8 Å². The van der Waals surface area contributed by atoms with Crippen LogP contribution in [-0.2, 0) is 11.3 Å². The Morgan fingerprint density at radius 3 is 2.77 bits per heavy atom. The first-order chi connectivity index (χ1) is 14.6. The fourth-order valence-corrected chi connectivity index (χ4v) is 4.94. The molecule has 2 aromatic heterocycles. The van der Waals surface area contributed by atoms with Gasteiger partial charge in [0.25, 0.3) is 0 Å². The number of thiazole rings is 1. The maximum atomic E-state index is 13.1. The van der Waals surface area contributed by atoms with Crippen LogP contribution in [0.2, 0.25) is 0 Å². The number of anilines is 1. The largest absolute Gasteiger partial charge is 0.497 e. The Labute approximate surface area is 183 Å². The van der Waals surface area contributed by atoms with Gasteiger partial charge < -0.3 is 9.15 Å². The molecule has 0 spiro atoms. The molecular formula is C23H22N2O3S2. The molecule has 7 heteroatoms. The molecule has 0 radical (unpaired) electrons. The zero-order valence-electron chi connectivity index (χ0n) is 16.8. The van der Waals surface area contributed by atoms with Gasteiger partial charge >= 0.3 is 0 Å². The van der Waals surface area contributed by atoms with Crippen LogP contribution >= 0.6 is 23.1 Å². The van der Waals surface area contributed by atoms with Crippen LogP contribution in [0.1, 0.15) is 17.7 Å². The Kier molecular flexibility index (Phi) is 6.40. The lowest BCUT2D eigenvalue weighted by Gasteiger charge is -2.18. The van der Waals surface area contributed by atoms with Crippen LogP contribution in [-0.4, -0.2) is 23.8 Å². The van der Waals surface area contributed by atoms with Crippen molar-refractivity contribution in [3.05, 3.63) is 72.2 Å². The van der Waals surface area contributed by atoms with E-state index in [4.69, 9.17) is 14.1 Å². The minimum atomic E-state index is 0.0307. The van der Waals surface area contributed by atoms with E-state index in [1.807, 2.05) is 48.5 Å². The minimum absolute atomic E-state index is 0.0307. The summed E-state index contributed by atoms with van der Waals surface area (Å²) in [6, 6.07) is 17.7. The normalized spacial score (nSPS) is 11.0. The molecular weight excluding hydrogens is 416 g/mol. The third-order valence-electron chi connectivity index (χ3n) is 4.60. The number of furan rings is 1. The van der Waals surface area contributed by atoms with Crippen molar-refractivity contribution in [3.8, 4) is 5.75 Å². The topological polar surface area (TPSA) is 55.6 Å². The van der Waals surface area contributed by atoms with Gasteiger partial charge in [-0.05, 0) is 61.0 Å². The van der Waals surface area contributed by atoms with Gasteiger partial charge in [-0.3, -0.25) is 9.69 Å². The number of rotatable bonds is 8. The van der Waals surface area contributed by atoms with Gasteiger partial charge in [-0.25, -0.2) is 4.98 Å². The number of aryl methyl sites for hydroxylation is 1. The molecule has 0 aliphatic carbocycles. The average molecular weight is 439 g/mol. The molecule has 2 aromatic carbocycles. The number of nitrogens with zero attached hydrogens (tertiary/aromatic N) is 2. The Bertz CT molecular complexity index is 1120. The van der Waals surface area contributed by atoms with Crippen molar-refractivity contribution in [1.29, 1.82) is 0 Å². The number of thioether (sulfide) groups is 1. The average Bonchev–Trinajstić information content (AvgIpc) is 3.41. The highest BCUT2D eigenvalue weighted by Crippen LogP contribution is 2.31. The fraction of sp³-hybridized carbons (Fsp3) is 0.217. The van der Waals surface area contributed by atoms with Crippen LogP contribution in [0.15, 0.2) is 70.2 Å². The van der Waals surface area contributed by atoms with Crippen molar-refractivity contribution in [3.63, 3.8) is 0 Å². The molecule has 0 saturated heterocycles. The summed E-state index contributed by atoms with van der Waals surface area (Å²) in [7, 11) is 1.65. The van der Waals surface area contributed by atoms with Crippen LogP contribution in [0, 0.1) is 6.92 Å². The van der Waals surface area contributed by atoms with Crippen LogP contribution in [0.4, 0.5) is 5.13 Å². The summed E-state index contributed by atoms with van der Waals surface area (Å²) in [5.74, 6) is 2.28. The van der Waals surface area contributed by atoms with E-state index >= 15 is 0 Å². The molecule has 0 aliphatic heterocycles. The number of hydrogen-bond donors (Lipinski definition) is 0. The molecule has 4 aromatic rings. The molecule has 154 valence electrons. The highest BCUT2D eigenvalue weighted by atomic mass is 32.2. The second-order valence-electron chi connectivity index (χ2n) is 6.80. The predicted octanol–water partition coefficient (Wildman–Crippen LogP) is 5.92. The summed E-state index contributed by atoms with van der Waals surface area (Å²) >= 11 is 3.19. The number of carbonyl (C=O) groups is 1. The molecule has 4 rings (SSSR count). The number of ether oxygens (including phenoxy) is 1. The first-order valence-corrected chi connectivity index (χ1v) is 11.4. The first-order valence-electron chi connectivity index (χ1n) is 9.59. The van der Waals surface area contributed by atoms with E-state index in [-0.39, 0.29) is 5.91 Å². The Balaban J connectivity index is 1.48. The van der Waals surface area contributed by atoms with Gasteiger partial charge in [0.05, 0.1) is 30.1 Å². The molecule has 0 aliphatic rings. The third-order valence-corrected chi connectivity index (χ3v) is 6.66. The van der Waals surface area contributed by atoms with Gasteiger partial charge in [0.1, 0.15) is 11.5 Å². The number of hydrogen-bond acceptors (Lipinski definition) is 6. The summed E-state index contributed by atoms with van der Waals surface area (Å²) in [5, 5.41) is 0.700. The van der Waals surface area contributed by atoms with Crippen molar-refractivity contribution in [2.75, 3.05) is 17.8 Å². The standard InChI is InChI=1S/C23H22N2O3S2/c1-16-5-10-20-21(14-16)30-23(24-20)25(15-18-4-3-12-28-18)22(26)11-13-29-19-8-6-17(27-2)7-9-19/h3-10,12,14H,11,13,15H2,1-2H3. The fourth-order valence-electron chi connectivity index (χ4n) is 3.02. The predicted molar refractivity (Wildman–Crippen MR) is 123 cm³/mol. The van der Waals surface area contributed by atoms with Crippen molar-refractivity contribution >= 4 is 44.4 Å². The molecule has 5 nitrogen and oxygen atoms in total. The van der Waals surface area contributed by atoms with Crippen LogP contribution in [0.5, 0.6) is 5.75 Å². The molecule has 0 bridgehead atoms. The number of carbonyl (C=O) groups excluding carboxylic acids is 1. The maximum absolute atomic E-state index is 13.1. The summed E-state index contributed by atoms with van der Waals surface area (Å²) < 4.78 is 11.8. The Morgan fingerprint density at radius 1 is 1.20 bits per heavy atom. The highest BCUT2D eigenvalue weighted by Gasteiger charge is 2.21. The van der Waals surface area contributed by atoms with Gasteiger partial charge in [0, 0.05) is 17.1 Å². The monoisotopic (exact) mass is 438 g/mol. The molecule has 0 saturated carbocycles. The Morgan fingerprint density at radius 2 is 2.03 bits per heavy atom. The summed E-state index contributed by atoms with van der Waals surface area (Å²) in [6.07, 6.45) is 2.03. The number of methoxy groups -OCH3 is 1. The maximum Gasteiger partial charge on any atom is 0.230 e. The molecule has 0 atom stereocenters. The highest BCUT2D eigenvalue weighted by molar-refractivity contribution is 7.99. The lowest BCUT2D eigenvalue weighted by atomic mass is 10.2. The van der Waals surface area contributed by atoms with E-state index in [9.17, 15) is 4.79 Å². The second-order valence-corrected chi connectivity index (χ2v) is 8.98. The molecule has 2 heterocycles. The minimum Gasteiger partial charge on any atom is -0.497 e. The molecule has 0 N–H and O–H groups in total. The van der Waals surface area contributed by atoms with E-state index < -0.39 is 0 Å². The van der Waals surface area contributed by atoms with Gasteiger partial charge in [-0.1, -0.05) is 17.4 Å². The summed E-state index contributed by atoms with van der Waals surface area (Å²) in [6.45, 7) is 2.43. The first kappa shape index (κ1) is 20.5. The van der Waals surface area contributed by atoms with Crippen LogP contribution < -0.4 is 9.64 Å². The second kappa shape index (κ2) is 9.36. The molecule has 0 fully saturated rings. The molecule has 0 unspecified atom stereocenters. The molecule has 1 amide bonds. The quantitative estimate of drug-likeness (QED) is 0.320. The zero-order valence-corrected chi connectivity index (χ0v) is 18.5. The van der Waals surface area contributed by atoms with E-state index in [0.717, 1.165) is 26.6 Å². The van der Waals surface area contributed by atoms with E-state index in [0.29, 0.717) is 23.8 Å². The van der Waals surface area contributed by atoms with Crippen molar-refractivity contribution in [2.24, 2.45) is 0 Å². The number of aromatic nitrogens is 1. The van der Waals surface area contributed by atoms with Gasteiger partial charge in [0.15, 0.2) is 5.13 Å². The van der Waals surface area contributed by atoms with Gasteiger partial charge in [0.2, 0.25) is 5.91 Å². The Hall–Kier alpha value is -2.77. The van der Waals surface area contributed by atoms with E-state index in [1.165, 1.54) is 16.9 Å². The van der Waals surface area contributed by atoms with Crippen molar-refractivity contribution in [2.45, 2.75) is 24.8 Å². The lowest BCUT2D eigenvalue weighted by Crippen LogP contribution is -2.30. The van der Waals surface area contributed by atoms with Gasteiger partial charge in [-0.2, -0.15) is 0 Å². The van der Waals surface area contributed by atoms with E-state index in [1.54, 1.807) is 30.0 Å². The third kappa shape index (κ3) is 4.86.